The smallest absolute Gasteiger partial charge is 0.253 e. The molecule has 210 valence electrons. The molecule has 2 aromatic heterocycles. The number of pyridine rings is 2. The molecule has 2 heterocycles. The van der Waals surface area contributed by atoms with Crippen molar-refractivity contribution in [2.75, 3.05) is 27.2 Å². The molecule has 2 unspecified atom stereocenters. The van der Waals surface area contributed by atoms with Crippen LogP contribution < -0.4 is 0 Å². The van der Waals surface area contributed by atoms with E-state index in [1.165, 1.54) is 6.07 Å². The monoisotopic (exact) mass is 524 g/mol. The van der Waals surface area contributed by atoms with Gasteiger partial charge in [0.15, 0.2) is 0 Å². The number of phenols is 1. The Morgan fingerprint density at radius 3 is 1.84 bits per heavy atom. The predicted octanol–water partition coefficient (Wildman–Crippen LogP) is 6.75. The molecule has 1 aliphatic carbocycles. The maximum Gasteiger partial charge on any atom is 0.253 e. The molecular formula is C31H48N4O3. The van der Waals surface area contributed by atoms with E-state index < -0.39 is 6.10 Å². The second-order valence-electron chi connectivity index (χ2n) is 7.72. The zero-order chi connectivity index (χ0) is 29.3. The van der Waals surface area contributed by atoms with E-state index >= 15 is 0 Å². The molecule has 7 heteroatoms. The average Bonchev–Trinajstić information content (AvgIpc) is 2.99. The average molecular weight is 525 g/mol. The maximum atomic E-state index is 11.5. The van der Waals surface area contributed by atoms with Crippen LogP contribution in [-0.2, 0) is 0 Å². The standard InChI is InChI=1S/C15H17N3O.C10H13NO2.3C2H6/c1-3-18(2)14-10-6-4-8-16-12(10)13-11(15(14)19)7-5-9-17-13;1-3-11(2)10(13)8-5-4-6-9(12)7-8;3*1-2/h4-9,14-15,19H,3H2,1-2H3;4-7,12H,3H2,1-2H3;3*1-2H3. The Balaban J connectivity index is 0.000000632. The van der Waals surface area contributed by atoms with Gasteiger partial charge < -0.3 is 15.1 Å². The number of hydrogen-bond donors (Lipinski definition) is 2. The normalized spacial score (nSPS) is 14.3. The first kappa shape index (κ1) is 34.7. The van der Waals surface area contributed by atoms with Crippen LogP contribution in [0.25, 0.3) is 11.4 Å². The SMILES string of the molecule is CC.CC.CC.CCN(C)C(=O)c1cccc(O)c1.CCN(C)C1c2cccnc2-c2ncccc2C1O. The second kappa shape index (κ2) is 18.9. The minimum atomic E-state index is -0.564. The van der Waals surface area contributed by atoms with Crippen molar-refractivity contribution in [2.45, 2.75) is 67.5 Å². The second-order valence-corrected chi connectivity index (χ2v) is 7.72. The molecule has 0 spiro atoms. The number of aliphatic hydroxyl groups is 1. The van der Waals surface area contributed by atoms with Crippen LogP contribution in [0.15, 0.2) is 60.9 Å². The Morgan fingerprint density at radius 2 is 1.34 bits per heavy atom. The minimum absolute atomic E-state index is 0.0644. The van der Waals surface area contributed by atoms with Crippen LogP contribution in [0.3, 0.4) is 0 Å². The molecule has 1 aromatic carbocycles. The maximum absolute atomic E-state index is 11.5. The molecule has 0 fully saturated rings. The number of likely N-dealkylation sites (N-methyl/N-ethyl adjacent to an activating group) is 1. The number of rotatable bonds is 4. The van der Waals surface area contributed by atoms with Crippen molar-refractivity contribution in [1.29, 1.82) is 0 Å². The summed E-state index contributed by atoms with van der Waals surface area (Å²) in [5.74, 6) is 0.0498. The molecule has 0 bridgehead atoms. The summed E-state index contributed by atoms with van der Waals surface area (Å²) in [6.07, 6.45) is 2.96. The van der Waals surface area contributed by atoms with Crippen molar-refractivity contribution >= 4 is 5.91 Å². The molecule has 0 saturated heterocycles. The number of fused-ring (bicyclic) bond motifs is 3. The van der Waals surface area contributed by atoms with Gasteiger partial charge in [-0.25, -0.2) is 0 Å². The van der Waals surface area contributed by atoms with Crippen molar-refractivity contribution in [3.63, 3.8) is 0 Å². The fourth-order valence-corrected chi connectivity index (χ4v) is 3.73. The molecule has 0 aliphatic heterocycles. The number of aliphatic hydroxyl groups excluding tert-OH is 1. The number of benzene rings is 1. The first-order valence-electron chi connectivity index (χ1n) is 13.7. The highest BCUT2D eigenvalue weighted by Crippen LogP contribution is 2.44. The lowest BCUT2D eigenvalue weighted by molar-refractivity contribution is 0.0626. The Bertz CT molecular complexity index is 1070. The van der Waals surface area contributed by atoms with Gasteiger partial charge in [0.25, 0.3) is 5.91 Å². The lowest BCUT2D eigenvalue weighted by Crippen LogP contribution is -2.32. The number of amides is 1. The third-order valence-electron chi connectivity index (χ3n) is 5.73. The third kappa shape index (κ3) is 8.92. The Hall–Kier alpha value is -3.29. The molecule has 38 heavy (non-hydrogen) atoms. The van der Waals surface area contributed by atoms with Gasteiger partial charge in [-0.3, -0.25) is 19.7 Å². The summed E-state index contributed by atoms with van der Waals surface area (Å²) in [5, 5.41) is 19.8. The van der Waals surface area contributed by atoms with Gasteiger partial charge in [0.2, 0.25) is 0 Å². The third-order valence-corrected chi connectivity index (χ3v) is 5.73. The number of carbonyl (C=O) groups excluding carboxylic acids is 1. The van der Waals surface area contributed by atoms with E-state index in [-0.39, 0.29) is 17.7 Å². The number of aromatic hydroxyl groups is 1. The zero-order valence-electron chi connectivity index (χ0n) is 24.9. The van der Waals surface area contributed by atoms with Gasteiger partial charge in [-0.2, -0.15) is 0 Å². The first-order chi connectivity index (χ1) is 18.4. The Kier molecular flexibility index (Phi) is 17.2. The summed E-state index contributed by atoms with van der Waals surface area (Å²) in [6, 6.07) is 14.0. The molecule has 1 aliphatic rings. The summed E-state index contributed by atoms with van der Waals surface area (Å²) < 4.78 is 0. The highest BCUT2D eigenvalue weighted by molar-refractivity contribution is 5.94. The molecular weight excluding hydrogens is 476 g/mol. The topological polar surface area (TPSA) is 89.8 Å². The summed E-state index contributed by atoms with van der Waals surface area (Å²) in [5.41, 5.74) is 4.11. The molecule has 7 nitrogen and oxygen atoms in total. The molecule has 2 atom stereocenters. The van der Waals surface area contributed by atoms with Crippen LogP contribution in [0.2, 0.25) is 0 Å². The highest BCUT2D eigenvalue weighted by atomic mass is 16.3. The van der Waals surface area contributed by atoms with Gasteiger partial charge in [-0.1, -0.05) is 66.7 Å². The van der Waals surface area contributed by atoms with Crippen LogP contribution in [0, 0.1) is 0 Å². The van der Waals surface area contributed by atoms with Crippen LogP contribution in [0.5, 0.6) is 5.75 Å². The van der Waals surface area contributed by atoms with E-state index in [9.17, 15) is 9.90 Å². The van der Waals surface area contributed by atoms with Gasteiger partial charge in [-0.15, -0.1) is 0 Å². The highest BCUT2D eigenvalue weighted by Gasteiger charge is 2.35. The quantitative estimate of drug-likeness (QED) is 0.393. The summed E-state index contributed by atoms with van der Waals surface area (Å²) in [7, 11) is 3.75. The number of nitrogens with zero attached hydrogens (tertiary/aromatic N) is 4. The van der Waals surface area contributed by atoms with Gasteiger partial charge in [0, 0.05) is 42.7 Å². The summed E-state index contributed by atoms with van der Waals surface area (Å²) in [6.45, 7) is 17.5. The lowest BCUT2D eigenvalue weighted by atomic mass is 9.85. The molecule has 4 rings (SSSR count). The zero-order valence-corrected chi connectivity index (χ0v) is 24.9. The number of phenolic OH excluding ortho intramolecular Hbond substituents is 1. The minimum Gasteiger partial charge on any atom is -0.508 e. The van der Waals surface area contributed by atoms with E-state index in [1.54, 1.807) is 42.5 Å². The van der Waals surface area contributed by atoms with Gasteiger partial charge in [-0.05, 0) is 50.8 Å². The molecule has 0 radical (unpaired) electrons. The molecule has 2 N–H and O–H groups in total. The van der Waals surface area contributed by atoms with Crippen LogP contribution >= 0.6 is 0 Å². The summed E-state index contributed by atoms with van der Waals surface area (Å²) in [4.78, 5) is 24.1. The van der Waals surface area contributed by atoms with Crippen LogP contribution in [0.4, 0.5) is 0 Å². The molecule has 0 saturated carbocycles. The number of aromatic nitrogens is 2. The van der Waals surface area contributed by atoms with E-state index in [1.807, 2.05) is 79.8 Å². The van der Waals surface area contributed by atoms with Crippen molar-refractivity contribution in [1.82, 2.24) is 19.8 Å². The fraction of sp³-hybridized carbons (Fsp3) is 0.452. The Morgan fingerprint density at radius 1 is 0.816 bits per heavy atom. The van der Waals surface area contributed by atoms with Crippen LogP contribution in [0.1, 0.15) is 89.0 Å². The van der Waals surface area contributed by atoms with Crippen LogP contribution in [-0.4, -0.2) is 63.1 Å². The van der Waals surface area contributed by atoms with Crippen molar-refractivity contribution < 1.29 is 15.0 Å². The number of hydrogen-bond acceptors (Lipinski definition) is 6. The van der Waals surface area contributed by atoms with E-state index in [4.69, 9.17) is 5.11 Å². The van der Waals surface area contributed by atoms with Crippen molar-refractivity contribution in [3.05, 3.63) is 77.6 Å². The fourth-order valence-electron chi connectivity index (χ4n) is 3.73. The van der Waals surface area contributed by atoms with Crippen molar-refractivity contribution in [2.24, 2.45) is 0 Å². The van der Waals surface area contributed by atoms with Gasteiger partial charge in [0.05, 0.1) is 17.4 Å². The Labute approximate surface area is 230 Å². The van der Waals surface area contributed by atoms with Crippen molar-refractivity contribution in [3.8, 4) is 17.1 Å². The van der Waals surface area contributed by atoms with E-state index in [0.717, 1.165) is 29.1 Å². The predicted molar refractivity (Wildman–Crippen MR) is 158 cm³/mol. The van der Waals surface area contributed by atoms with E-state index in [2.05, 4.69) is 21.8 Å². The van der Waals surface area contributed by atoms with Gasteiger partial charge in [0.1, 0.15) is 11.9 Å². The van der Waals surface area contributed by atoms with Gasteiger partial charge >= 0.3 is 0 Å². The molecule has 3 aromatic rings. The largest absolute Gasteiger partial charge is 0.508 e. The summed E-state index contributed by atoms with van der Waals surface area (Å²) >= 11 is 0. The lowest BCUT2D eigenvalue weighted by Gasteiger charge is -2.36. The first-order valence-corrected chi connectivity index (χ1v) is 13.7. The molecule has 1 amide bonds. The van der Waals surface area contributed by atoms with E-state index in [0.29, 0.717) is 12.1 Å². The number of carbonyl (C=O) groups is 1.